The SMILES string of the molecule is C/C=C/COC1CC(C)(C)N(C(=O)/C=C/C)C(C)(C)C1. The van der Waals surface area contributed by atoms with E-state index in [1.54, 1.807) is 6.08 Å². The van der Waals surface area contributed by atoms with Crippen LogP contribution in [0.25, 0.3) is 0 Å². The van der Waals surface area contributed by atoms with Gasteiger partial charge >= 0.3 is 0 Å². The van der Waals surface area contributed by atoms with Gasteiger partial charge in [0, 0.05) is 11.1 Å². The van der Waals surface area contributed by atoms with Gasteiger partial charge in [-0.1, -0.05) is 18.2 Å². The minimum Gasteiger partial charge on any atom is -0.374 e. The van der Waals surface area contributed by atoms with Gasteiger partial charge in [0.2, 0.25) is 5.91 Å². The molecule has 1 aliphatic heterocycles. The monoisotopic (exact) mass is 279 g/mol. The average Bonchev–Trinajstić information content (AvgIpc) is 2.26. The van der Waals surface area contributed by atoms with E-state index in [4.69, 9.17) is 4.74 Å². The van der Waals surface area contributed by atoms with Crippen LogP contribution in [0.1, 0.15) is 54.4 Å². The molecule has 0 aromatic rings. The van der Waals surface area contributed by atoms with Crippen molar-refractivity contribution in [3.05, 3.63) is 24.3 Å². The Morgan fingerprint density at radius 1 is 1.15 bits per heavy atom. The first-order valence-corrected chi connectivity index (χ1v) is 7.44. The van der Waals surface area contributed by atoms with E-state index in [1.807, 2.05) is 37.0 Å². The van der Waals surface area contributed by atoms with Gasteiger partial charge in [0.05, 0.1) is 12.7 Å². The average molecular weight is 279 g/mol. The Balaban J connectivity index is 2.89. The summed E-state index contributed by atoms with van der Waals surface area (Å²) in [6.07, 6.45) is 9.44. The quantitative estimate of drug-likeness (QED) is 0.580. The van der Waals surface area contributed by atoms with Gasteiger partial charge in [0.1, 0.15) is 0 Å². The van der Waals surface area contributed by atoms with Gasteiger partial charge < -0.3 is 9.64 Å². The van der Waals surface area contributed by atoms with E-state index < -0.39 is 0 Å². The normalized spacial score (nSPS) is 22.8. The van der Waals surface area contributed by atoms with E-state index in [9.17, 15) is 4.79 Å². The second kappa shape index (κ2) is 6.57. The number of rotatable bonds is 4. The summed E-state index contributed by atoms with van der Waals surface area (Å²) >= 11 is 0. The van der Waals surface area contributed by atoms with Crippen LogP contribution in [-0.2, 0) is 9.53 Å². The summed E-state index contributed by atoms with van der Waals surface area (Å²) in [6, 6.07) is 0. The second-order valence-corrected chi connectivity index (χ2v) is 6.73. The molecule has 0 aromatic carbocycles. The molecule has 1 amide bonds. The number of nitrogens with zero attached hydrogens (tertiary/aromatic N) is 1. The Kier molecular flexibility index (Phi) is 5.58. The zero-order valence-electron chi connectivity index (χ0n) is 13.8. The molecule has 1 saturated heterocycles. The molecular formula is C17H29NO2. The summed E-state index contributed by atoms with van der Waals surface area (Å²) in [7, 11) is 0. The van der Waals surface area contributed by atoms with E-state index >= 15 is 0 Å². The topological polar surface area (TPSA) is 29.5 Å². The number of hydrogen-bond acceptors (Lipinski definition) is 2. The van der Waals surface area contributed by atoms with Crippen molar-refractivity contribution in [2.24, 2.45) is 0 Å². The maximum atomic E-state index is 12.4. The van der Waals surface area contributed by atoms with Crippen LogP contribution in [0.5, 0.6) is 0 Å². The number of likely N-dealkylation sites (tertiary alicyclic amines) is 1. The molecule has 0 aromatic heterocycles. The summed E-state index contributed by atoms with van der Waals surface area (Å²) in [5.74, 6) is 0.0920. The molecule has 0 spiro atoms. The van der Waals surface area contributed by atoms with Crippen LogP contribution >= 0.6 is 0 Å². The first kappa shape index (κ1) is 17.0. The molecule has 0 unspecified atom stereocenters. The number of amides is 1. The standard InChI is InChI=1S/C17H29NO2/c1-7-9-11-20-14-12-16(3,4)18(15(19)10-8-2)17(5,6)13-14/h7-10,14H,11-13H2,1-6H3/b9-7+,10-8+. The van der Waals surface area contributed by atoms with Gasteiger partial charge in [-0.25, -0.2) is 0 Å². The first-order chi connectivity index (χ1) is 9.24. The van der Waals surface area contributed by atoms with Gasteiger partial charge in [0.15, 0.2) is 0 Å². The number of ether oxygens (including phenoxy) is 1. The zero-order chi connectivity index (χ0) is 15.4. The molecule has 114 valence electrons. The predicted molar refractivity (Wildman–Crippen MR) is 83.6 cm³/mol. The number of piperidine rings is 1. The van der Waals surface area contributed by atoms with Gasteiger partial charge in [-0.15, -0.1) is 0 Å². The van der Waals surface area contributed by atoms with E-state index in [0.717, 1.165) is 12.8 Å². The minimum absolute atomic E-state index is 0.0920. The summed E-state index contributed by atoms with van der Waals surface area (Å²) in [5.41, 5.74) is -0.391. The molecule has 1 heterocycles. The molecule has 0 atom stereocenters. The van der Waals surface area contributed by atoms with E-state index in [-0.39, 0.29) is 23.1 Å². The third kappa shape index (κ3) is 3.95. The van der Waals surface area contributed by atoms with Crippen LogP contribution in [0.3, 0.4) is 0 Å². The molecule has 1 rings (SSSR count). The Morgan fingerprint density at radius 2 is 1.70 bits per heavy atom. The molecule has 0 saturated carbocycles. The lowest BCUT2D eigenvalue weighted by Gasteiger charge is -2.54. The highest BCUT2D eigenvalue weighted by Crippen LogP contribution is 2.39. The lowest BCUT2D eigenvalue weighted by molar-refractivity contribution is -0.152. The largest absolute Gasteiger partial charge is 0.374 e. The Hall–Kier alpha value is -1.09. The molecular weight excluding hydrogens is 250 g/mol. The van der Waals surface area contributed by atoms with Crippen molar-refractivity contribution < 1.29 is 9.53 Å². The lowest BCUT2D eigenvalue weighted by Crippen LogP contribution is -2.63. The predicted octanol–water partition coefficient (Wildman–Crippen LogP) is 3.70. The van der Waals surface area contributed by atoms with Crippen molar-refractivity contribution in [3.8, 4) is 0 Å². The van der Waals surface area contributed by atoms with E-state index in [0.29, 0.717) is 6.61 Å². The maximum absolute atomic E-state index is 12.4. The van der Waals surface area contributed by atoms with Crippen LogP contribution < -0.4 is 0 Å². The van der Waals surface area contributed by atoms with Crippen LogP contribution in [-0.4, -0.2) is 34.6 Å². The first-order valence-electron chi connectivity index (χ1n) is 7.44. The third-order valence-corrected chi connectivity index (χ3v) is 3.86. The zero-order valence-corrected chi connectivity index (χ0v) is 13.8. The fourth-order valence-corrected chi connectivity index (χ4v) is 3.41. The Labute approximate surface area is 123 Å². The highest BCUT2D eigenvalue weighted by Gasteiger charge is 2.47. The third-order valence-electron chi connectivity index (χ3n) is 3.86. The molecule has 0 N–H and O–H groups in total. The highest BCUT2D eigenvalue weighted by atomic mass is 16.5. The van der Waals surface area contributed by atoms with Crippen molar-refractivity contribution in [1.29, 1.82) is 0 Å². The highest BCUT2D eigenvalue weighted by molar-refractivity contribution is 5.88. The number of hydrogen-bond donors (Lipinski definition) is 0. The molecule has 1 aliphatic rings. The van der Waals surface area contributed by atoms with Gasteiger partial charge in [-0.05, 0) is 60.5 Å². The fourth-order valence-electron chi connectivity index (χ4n) is 3.41. The van der Waals surface area contributed by atoms with Crippen molar-refractivity contribution in [3.63, 3.8) is 0 Å². The second-order valence-electron chi connectivity index (χ2n) is 6.73. The smallest absolute Gasteiger partial charge is 0.247 e. The molecule has 0 aliphatic carbocycles. The van der Waals surface area contributed by atoms with Gasteiger partial charge in [-0.3, -0.25) is 4.79 Å². The van der Waals surface area contributed by atoms with E-state index in [1.165, 1.54) is 0 Å². The van der Waals surface area contributed by atoms with Crippen LogP contribution in [0.15, 0.2) is 24.3 Å². The molecule has 0 bridgehead atoms. The lowest BCUT2D eigenvalue weighted by atomic mass is 9.78. The van der Waals surface area contributed by atoms with Gasteiger partial charge in [-0.2, -0.15) is 0 Å². The van der Waals surface area contributed by atoms with E-state index in [2.05, 4.69) is 27.7 Å². The van der Waals surface area contributed by atoms with Crippen LogP contribution in [0, 0.1) is 0 Å². The summed E-state index contributed by atoms with van der Waals surface area (Å²) in [5, 5.41) is 0. The summed E-state index contributed by atoms with van der Waals surface area (Å²) < 4.78 is 5.94. The Morgan fingerprint density at radius 3 is 2.15 bits per heavy atom. The van der Waals surface area contributed by atoms with Crippen LogP contribution in [0.2, 0.25) is 0 Å². The summed E-state index contributed by atoms with van der Waals surface area (Å²) in [4.78, 5) is 14.4. The molecule has 3 nitrogen and oxygen atoms in total. The molecule has 1 fully saturated rings. The molecule has 20 heavy (non-hydrogen) atoms. The van der Waals surface area contributed by atoms with Crippen molar-refractivity contribution in [2.75, 3.05) is 6.61 Å². The fraction of sp³-hybridized carbons (Fsp3) is 0.706. The van der Waals surface area contributed by atoms with Crippen LogP contribution in [0.4, 0.5) is 0 Å². The van der Waals surface area contributed by atoms with Crippen molar-refractivity contribution >= 4 is 5.91 Å². The molecule has 0 radical (unpaired) electrons. The van der Waals surface area contributed by atoms with Crippen molar-refractivity contribution in [2.45, 2.75) is 71.6 Å². The number of carbonyl (C=O) groups is 1. The summed E-state index contributed by atoms with van der Waals surface area (Å²) in [6.45, 7) is 13.0. The minimum atomic E-state index is -0.195. The Bertz CT molecular complexity index is 376. The maximum Gasteiger partial charge on any atom is 0.247 e. The number of allylic oxidation sites excluding steroid dienone is 2. The van der Waals surface area contributed by atoms with Crippen molar-refractivity contribution in [1.82, 2.24) is 4.90 Å². The molecule has 3 heteroatoms. The number of carbonyl (C=O) groups excluding carboxylic acids is 1. The van der Waals surface area contributed by atoms with Gasteiger partial charge in [0.25, 0.3) is 0 Å².